The molecule has 0 fully saturated rings. The van der Waals surface area contributed by atoms with Gasteiger partial charge in [-0.3, -0.25) is 9.48 Å². The van der Waals surface area contributed by atoms with E-state index >= 15 is 0 Å². The minimum Gasteiger partial charge on any atom is -0.385 e. The highest BCUT2D eigenvalue weighted by atomic mass is 35.5. The van der Waals surface area contributed by atoms with Gasteiger partial charge < -0.3 is 14.9 Å². The summed E-state index contributed by atoms with van der Waals surface area (Å²) in [6.45, 7) is 3.64. The maximum atomic E-state index is 14.0. The van der Waals surface area contributed by atoms with Crippen molar-refractivity contribution in [1.29, 1.82) is 5.26 Å². The monoisotopic (exact) mass is 417 g/mol. The second kappa shape index (κ2) is 8.43. The van der Waals surface area contributed by atoms with Gasteiger partial charge in [-0.25, -0.2) is 4.39 Å². The molecule has 2 atom stereocenters. The summed E-state index contributed by atoms with van der Waals surface area (Å²) in [7, 11) is 0. The van der Waals surface area contributed by atoms with Crippen LogP contribution in [0.15, 0.2) is 35.0 Å². The van der Waals surface area contributed by atoms with Gasteiger partial charge >= 0.3 is 0 Å². The summed E-state index contributed by atoms with van der Waals surface area (Å²) < 4.78 is 20.4. The number of benzene rings is 1. The van der Waals surface area contributed by atoms with Crippen molar-refractivity contribution in [3.05, 3.63) is 58.3 Å². The van der Waals surface area contributed by atoms with Gasteiger partial charge in [0.25, 0.3) is 5.91 Å². The molecule has 8 nitrogen and oxygen atoms in total. The summed E-state index contributed by atoms with van der Waals surface area (Å²) in [5, 5.41) is 29.1. The van der Waals surface area contributed by atoms with E-state index in [2.05, 4.69) is 15.6 Å². The molecule has 0 bridgehead atoms. The molecule has 2 N–H and O–H groups in total. The molecule has 0 spiro atoms. The molecule has 2 aromatic heterocycles. The van der Waals surface area contributed by atoms with E-state index in [-0.39, 0.29) is 28.1 Å². The van der Waals surface area contributed by atoms with Crippen molar-refractivity contribution in [2.75, 3.05) is 0 Å². The average Bonchev–Trinajstić information content (AvgIpc) is 3.31. The molecule has 0 radical (unpaired) electrons. The quantitative estimate of drug-likeness (QED) is 0.636. The van der Waals surface area contributed by atoms with Crippen molar-refractivity contribution in [3.8, 4) is 17.3 Å². The van der Waals surface area contributed by atoms with Crippen LogP contribution in [0.4, 0.5) is 4.39 Å². The summed E-state index contributed by atoms with van der Waals surface area (Å²) >= 11 is 5.94. The molecule has 1 amide bonds. The smallest absolute Gasteiger partial charge is 0.273 e. The number of rotatable bonds is 6. The third kappa shape index (κ3) is 4.62. The Morgan fingerprint density at radius 2 is 2.21 bits per heavy atom. The molecule has 10 heteroatoms. The van der Waals surface area contributed by atoms with E-state index in [1.54, 1.807) is 29.9 Å². The van der Waals surface area contributed by atoms with Crippen molar-refractivity contribution in [2.45, 2.75) is 32.5 Å². The SMILES string of the molecule is CC(Cn1ccc(-c2cc(F)c(C#N)c(Cl)c2)n1)NC(=O)c1cc([C@H](C)O)on1. The second-order valence-electron chi connectivity index (χ2n) is 6.51. The lowest BCUT2D eigenvalue weighted by Gasteiger charge is -2.12. The summed E-state index contributed by atoms with van der Waals surface area (Å²) in [6.07, 6.45) is 0.827. The highest BCUT2D eigenvalue weighted by Crippen LogP contribution is 2.26. The minimum atomic E-state index is -0.857. The largest absolute Gasteiger partial charge is 0.385 e. The Balaban J connectivity index is 1.66. The van der Waals surface area contributed by atoms with E-state index in [4.69, 9.17) is 21.4 Å². The van der Waals surface area contributed by atoms with Gasteiger partial charge in [0.1, 0.15) is 23.6 Å². The molecule has 0 aliphatic heterocycles. The second-order valence-corrected chi connectivity index (χ2v) is 6.92. The van der Waals surface area contributed by atoms with Gasteiger partial charge in [0.2, 0.25) is 0 Å². The van der Waals surface area contributed by atoms with Crippen LogP contribution in [0.2, 0.25) is 5.02 Å². The van der Waals surface area contributed by atoms with Crippen LogP contribution in [-0.4, -0.2) is 32.0 Å². The Bertz CT molecular complexity index is 1060. The number of carbonyl (C=O) groups is 1. The molecular weight excluding hydrogens is 401 g/mol. The van der Waals surface area contributed by atoms with Crippen LogP contribution in [0.25, 0.3) is 11.3 Å². The zero-order valence-corrected chi connectivity index (χ0v) is 16.3. The molecule has 3 rings (SSSR count). The Morgan fingerprint density at radius 3 is 2.83 bits per heavy atom. The van der Waals surface area contributed by atoms with E-state index in [1.807, 2.05) is 0 Å². The first kappa shape index (κ1) is 20.5. The van der Waals surface area contributed by atoms with Gasteiger partial charge in [0, 0.05) is 23.9 Å². The zero-order chi connectivity index (χ0) is 21.1. The number of aromatic nitrogens is 3. The lowest BCUT2D eigenvalue weighted by atomic mass is 10.1. The predicted octanol–water partition coefficient (Wildman–Crippen LogP) is 3.07. The van der Waals surface area contributed by atoms with E-state index in [0.29, 0.717) is 17.8 Å². The summed E-state index contributed by atoms with van der Waals surface area (Å²) in [6, 6.07) is 7.15. The van der Waals surface area contributed by atoms with Gasteiger partial charge in [-0.1, -0.05) is 16.8 Å². The molecule has 2 heterocycles. The predicted molar refractivity (Wildman–Crippen MR) is 101 cm³/mol. The van der Waals surface area contributed by atoms with Crippen molar-refractivity contribution < 1.29 is 18.8 Å². The molecule has 0 saturated heterocycles. The first-order chi connectivity index (χ1) is 13.8. The number of halogens is 2. The third-order valence-electron chi connectivity index (χ3n) is 4.10. The van der Waals surface area contributed by atoms with Crippen LogP contribution in [0.1, 0.15) is 41.8 Å². The maximum absolute atomic E-state index is 14.0. The highest BCUT2D eigenvalue weighted by molar-refractivity contribution is 6.32. The minimum absolute atomic E-state index is 0.0156. The van der Waals surface area contributed by atoms with Crippen LogP contribution in [-0.2, 0) is 6.54 Å². The number of hydrogen-bond donors (Lipinski definition) is 2. The van der Waals surface area contributed by atoms with Crippen molar-refractivity contribution >= 4 is 17.5 Å². The fraction of sp³-hybridized carbons (Fsp3) is 0.263. The van der Waals surface area contributed by atoms with Gasteiger partial charge in [0.15, 0.2) is 11.5 Å². The number of amides is 1. The molecule has 29 heavy (non-hydrogen) atoms. The van der Waals surface area contributed by atoms with Gasteiger partial charge in [-0.15, -0.1) is 0 Å². The normalized spacial score (nSPS) is 13.0. The number of aliphatic hydroxyl groups is 1. The Labute approximate surface area is 170 Å². The van der Waals surface area contributed by atoms with Gasteiger partial charge in [-0.2, -0.15) is 10.4 Å². The molecule has 0 saturated carbocycles. The Kier molecular flexibility index (Phi) is 5.96. The topological polar surface area (TPSA) is 117 Å². The van der Waals surface area contributed by atoms with E-state index in [9.17, 15) is 14.3 Å². The van der Waals surface area contributed by atoms with Gasteiger partial charge in [-0.05, 0) is 32.0 Å². The van der Waals surface area contributed by atoms with Crippen LogP contribution in [0.3, 0.4) is 0 Å². The van der Waals surface area contributed by atoms with E-state index in [1.165, 1.54) is 25.1 Å². The van der Waals surface area contributed by atoms with Crippen LogP contribution < -0.4 is 5.32 Å². The van der Waals surface area contributed by atoms with Crippen molar-refractivity contribution in [1.82, 2.24) is 20.3 Å². The highest BCUT2D eigenvalue weighted by Gasteiger charge is 2.18. The summed E-state index contributed by atoms with van der Waals surface area (Å²) in [4.78, 5) is 12.2. The number of nitriles is 1. The molecular formula is C19H17ClFN5O3. The maximum Gasteiger partial charge on any atom is 0.273 e. The molecule has 1 unspecified atom stereocenters. The molecule has 3 aromatic rings. The van der Waals surface area contributed by atoms with Crippen LogP contribution in [0.5, 0.6) is 0 Å². The number of carbonyl (C=O) groups excluding carboxylic acids is 1. The van der Waals surface area contributed by atoms with E-state index in [0.717, 1.165) is 0 Å². The zero-order valence-electron chi connectivity index (χ0n) is 15.6. The summed E-state index contributed by atoms with van der Waals surface area (Å²) in [5.41, 5.74) is 0.775. The molecule has 0 aliphatic rings. The van der Waals surface area contributed by atoms with Crippen LogP contribution >= 0.6 is 11.6 Å². The number of nitrogens with one attached hydrogen (secondary N) is 1. The van der Waals surface area contributed by atoms with E-state index < -0.39 is 17.8 Å². The number of nitrogens with zero attached hydrogens (tertiary/aromatic N) is 4. The number of aliphatic hydroxyl groups excluding tert-OH is 1. The van der Waals surface area contributed by atoms with Crippen LogP contribution in [0, 0.1) is 17.1 Å². The first-order valence-corrected chi connectivity index (χ1v) is 9.04. The fourth-order valence-corrected chi connectivity index (χ4v) is 2.91. The lowest BCUT2D eigenvalue weighted by molar-refractivity contribution is 0.0925. The lowest BCUT2D eigenvalue weighted by Crippen LogP contribution is -2.36. The summed E-state index contributed by atoms with van der Waals surface area (Å²) in [5.74, 6) is -0.955. The van der Waals surface area contributed by atoms with Gasteiger partial charge in [0.05, 0.1) is 17.3 Å². The fourth-order valence-electron chi connectivity index (χ4n) is 2.66. The average molecular weight is 418 g/mol. The third-order valence-corrected chi connectivity index (χ3v) is 4.40. The molecule has 1 aromatic carbocycles. The standard InChI is InChI=1S/C19H17ClFN5O3/c1-10(23-19(28)17-7-18(11(2)27)29-25-17)9-26-4-3-16(24-26)12-5-14(20)13(8-22)15(21)6-12/h3-7,10-11,27H,9H2,1-2H3,(H,23,28)/t10?,11-/m0/s1. The van der Waals surface area contributed by atoms with Crippen molar-refractivity contribution in [2.24, 2.45) is 0 Å². The molecule has 0 aliphatic carbocycles. The number of hydrogen-bond acceptors (Lipinski definition) is 6. The molecule has 150 valence electrons. The Hall–Kier alpha value is -3.22. The first-order valence-electron chi connectivity index (χ1n) is 8.67. The van der Waals surface area contributed by atoms with Crippen molar-refractivity contribution in [3.63, 3.8) is 0 Å². The Morgan fingerprint density at radius 1 is 1.45 bits per heavy atom.